The van der Waals surface area contributed by atoms with Crippen LogP contribution in [0.2, 0.25) is 0 Å². The Morgan fingerprint density at radius 2 is 1.62 bits per heavy atom. The van der Waals surface area contributed by atoms with E-state index in [0.717, 1.165) is 5.69 Å². The Labute approximate surface area is 196 Å². The topological polar surface area (TPSA) is 122 Å². The molecule has 11 heteroatoms. The SMILES string of the molecule is Cc1c[nH]c(=O)n1-c1ccc(C(=O)OCC(=O)N2CCN(S(=O)(=O)c3ccccc3)CC2)cc1. The van der Waals surface area contributed by atoms with E-state index in [9.17, 15) is 22.8 Å². The van der Waals surface area contributed by atoms with E-state index in [1.165, 1.54) is 38.0 Å². The molecule has 0 atom stereocenters. The fraction of sp³-hybridized carbons (Fsp3) is 0.261. The van der Waals surface area contributed by atoms with Gasteiger partial charge in [-0.25, -0.2) is 18.0 Å². The molecule has 178 valence electrons. The Morgan fingerprint density at radius 3 is 2.21 bits per heavy atom. The van der Waals surface area contributed by atoms with Gasteiger partial charge in [0.1, 0.15) is 0 Å². The first-order valence-corrected chi connectivity index (χ1v) is 12.1. The minimum Gasteiger partial charge on any atom is -0.452 e. The molecule has 10 nitrogen and oxygen atoms in total. The van der Waals surface area contributed by atoms with E-state index >= 15 is 0 Å². The van der Waals surface area contributed by atoms with Crippen molar-refractivity contribution in [1.82, 2.24) is 18.8 Å². The molecule has 0 bridgehead atoms. The van der Waals surface area contributed by atoms with Gasteiger partial charge in [-0.15, -0.1) is 0 Å². The van der Waals surface area contributed by atoms with Gasteiger partial charge in [0.05, 0.1) is 16.1 Å². The number of imidazole rings is 1. The second-order valence-corrected chi connectivity index (χ2v) is 9.73. The number of rotatable bonds is 6. The number of piperazine rings is 1. The lowest BCUT2D eigenvalue weighted by Gasteiger charge is -2.33. The van der Waals surface area contributed by atoms with Gasteiger partial charge in [0, 0.05) is 38.1 Å². The van der Waals surface area contributed by atoms with Crippen LogP contribution in [0.3, 0.4) is 0 Å². The third kappa shape index (κ3) is 4.80. The molecule has 1 N–H and O–H groups in total. The van der Waals surface area contributed by atoms with Crippen molar-refractivity contribution < 1.29 is 22.7 Å². The number of esters is 1. The van der Waals surface area contributed by atoms with Gasteiger partial charge in [-0.3, -0.25) is 9.36 Å². The zero-order valence-electron chi connectivity index (χ0n) is 18.5. The molecule has 0 aliphatic carbocycles. The van der Waals surface area contributed by atoms with Crippen LogP contribution in [0.5, 0.6) is 0 Å². The highest BCUT2D eigenvalue weighted by molar-refractivity contribution is 7.89. The van der Waals surface area contributed by atoms with E-state index in [-0.39, 0.29) is 42.3 Å². The summed E-state index contributed by atoms with van der Waals surface area (Å²) in [7, 11) is -3.61. The molecule has 1 aromatic heterocycles. The number of hydrogen-bond donors (Lipinski definition) is 1. The summed E-state index contributed by atoms with van der Waals surface area (Å²) in [5.74, 6) is -1.06. The molecule has 3 aromatic rings. The predicted octanol–water partition coefficient (Wildman–Crippen LogP) is 1.16. The van der Waals surface area contributed by atoms with Gasteiger partial charge in [0.2, 0.25) is 10.0 Å². The van der Waals surface area contributed by atoms with Crippen molar-refractivity contribution in [2.24, 2.45) is 0 Å². The average molecular weight is 485 g/mol. The van der Waals surface area contributed by atoms with Crippen LogP contribution in [0.25, 0.3) is 5.69 Å². The van der Waals surface area contributed by atoms with E-state index in [1.54, 1.807) is 43.5 Å². The number of ether oxygens (including phenoxy) is 1. The maximum Gasteiger partial charge on any atom is 0.338 e. The van der Waals surface area contributed by atoms with E-state index in [4.69, 9.17) is 4.74 Å². The molecule has 2 aromatic carbocycles. The third-order valence-corrected chi connectivity index (χ3v) is 7.53. The summed E-state index contributed by atoms with van der Waals surface area (Å²) >= 11 is 0. The van der Waals surface area contributed by atoms with Crippen LogP contribution in [-0.2, 0) is 19.6 Å². The maximum absolute atomic E-state index is 12.7. The number of amides is 1. The fourth-order valence-electron chi connectivity index (χ4n) is 3.74. The number of aromatic amines is 1. The molecular formula is C23H24N4O6S. The Morgan fingerprint density at radius 1 is 0.971 bits per heavy atom. The van der Waals surface area contributed by atoms with Crippen molar-refractivity contribution in [2.75, 3.05) is 32.8 Å². The zero-order valence-corrected chi connectivity index (χ0v) is 19.3. The third-order valence-electron chi connectivity index (χ3n) is 5.62. The average Bonchev–Trinajstić information content (AvgIpc) is 3.20. The standard InChI is InChI=1S/C23H24N4O6S/c1-17-15-24-23(30)27(17)19-9-7-18(8-10-19)22(29)33-16-21(28)25-11-13-26(14-12-25)34(31,32)20-5-3-2-4-6-20/h2-10,15H,11-14,16H2,1H3,(H,24,30). The molecule has 34 heavy (non-hydrogen) atoms. The monoisotopic (exact) mass is 484 g/mol. The number of hydrogen-bond acceptors (Lipinski definition) is 6. The summed E-state index contributed by atoms with van der Waals surface area (Å²) in [6, 6.07) is 14.4. The van der Waals surface area contributed by atoms with Crippen LogP contribution in [0.4, 0.5) is 0 Å². The molecule has 0 radical (unpaired) electrons. The second-order valence-electron chi connectivity index (χ2n) is 7.79. The minimum atomic E-state index is -3.61. The van der Waals surface area contributed by atoms with E-state index in [1.807, 2.05) is 0 Å². The van der Waals surface area contributed by atoms with Gasteiger partial charge >= 0.3 is 11.7 Å². The number of H-pyrrole nitrogens is 1. The lowest BCUT2D eigenvalue weighted by atomic mass is 10.2. The van der Waals surface area contributed by atoms with Crippen LogP contribution in [0.15, 0.2) is 70.5 Å². The highest BCUT2D eigenvalue weighted by Gasteiger charge is 2.30. The van der Waals surface area contributed by atoms with E-state index in [0.29, 0.717) is 5.69 Å². The molecule has 0 unspecified atom stereocenters. The van der Waals surface area contributed by atoms with Crippen molar-refractivity contribution in [3.05, 3.63) is 82.5 Å². The summed E-state index contributed by atoms with van der Waals surface area (Å²) in [6.45, 7) is 2.08. The van der Waals surface area contributed by atoms with Crippen molar-refractivity contribution in [3.63, 3.8) is 0 Å². The molecule has 1 fully saturated rings. The lowest BCUT2D eigenvalue weighted by molar-refractivity contribution is -0.135. The molecular weight excluding hydrogens is 460 g/mol. The minimum absolute atomic E-state index is 0.163. The van der Waals surface area contributed by atoms with Crippen LogP contribution in [0, 0.1) is 6.92 Å². The van der Waals surface area contributed by atoms with Crippen LogP contribution < -0.4 is 5.69 Å². The van der Waals surface area contributed by atoms with Gasteiger partial charge in [0.25, 0.3) is 5.91 Å². The van der Waals surface area contributed by atoms with Crippen LogP contribution in [0.1, 0.15) is 16.1 Å². The molecule has 0 spiro atoms. The number of carbonyl (C=O) groups excluding carboxylic acids is 2. The normalized spacial score (nSPS) is 14.7. The summed E-state index contributed by atoms with van der Waals surface area (Å²) in [6.07, 6.45) is 1.59. The van der Waals surface area contributed by atoms with Crippen molar-refractivity contribution >= 4 is 21.9 Å². The molecule has 1 aliphatic rings. The quantitative estimate of drug-likeness (QED) is 0.524. The number of sulfonamides is 1. The maximum atomic E-state index is 12.7. The van der Waals surface area contributed by atoms with Gasteiger partial charge in [-0.1, -0.05) is 18.2 Å². The zero-order chi connectivity index (χ0) is 24.3. The highest BCUT2D eigenvalue weighted by Crippen LogP contribution is 2.17. The summed E-state index contributed by atoms with van der Waals surface area (Å²) in [4.78, 5) is 41.0. The first-order chi connectivity index (χ1) is 16.3. The lowest BCUT2D eigenvalue weighted by Crippen LogP contribution is -2.51. The van der Waals surface area contributed by atoms with Crippen molar-refractivity contribution in [3.8, 4) is 5.69 Å². The smallest absolute Gasteiger partial charge is 0.338 e. The Bertz CT molecular complexity index is 1340. The molecule has 2 heterocycles. The van der Waals surface area contributed by atoms with Crippen molar-refractivity contribution in [2.45, 2.75) is 11.8 Å². The molecule has 0 saturated carbocycles. The summed E-state index contributed by atoms with van der Waals surface area (Å²) < 4.78 is 33.4. The predicted molar refractivity (Wildman–Crippen MR) is 123 cm³/mol. The van der Waals surface area contributed by atoms with Crippen LogP contribution >= 0.6 is 0 Å². The Hall–Kier alpha value is -3.70. The molecule has 1 amide bonds. The largest absolute Gasteiger partial charge is 0.452 e. The molecule has 1 aliphatic heterocycles. The van der Waals surface area contributed by atoms with E-state index in [2.05, 4.69) is 4.98 Å². The summed E-state index contributed by atoms with van der Waals surface area (Å²) in [5.41, 5.74) is 1.29. The molecule has 1 saturated heterocycles. The fourth-order valence-corrected chi connectivity index (χ4v) is 5.19. The Balaban J connectivity index is 1.30. The van der Waals surface area contributed by atoms with Gasteiger partial charge in [0.15, 0.2) is 6.61 Å². The first kappa shape index (κ1) is 23.5. The summed E-state index contributed by atoms with van der Waals surface area (Å²) in [5, 5.41) is 0. The second kappa shape index (κ2) is 9.65. The number of benzene rings is 2. The van der Waals surface area contributed by atoms with Gasteiger partial charge in [-0.2, -0.15) is 4.31 Å². The van der Waals surface area contributed by atoms with E-state index < -0.39 is 28.5 Å². The first-order valence-electron chi connectivity index (χ1n) is 10.6. The number of aromatic nitrogens is 2. The highest BCUT2D eigenvalue weighted by atomic mass is 32.2. The number of carbonyl (C=O) groups is 2. The number of nitrogens with zero attached hydrogens (tertiary/aromatic N) is 3. The number of aryl methyl sites for hydroxylation is 1. The molecule has 4 rings (SSSR count). The Kier molecular flexibility index (Phi) is 6.66. The van der Waals surface area contributed by atoms with Crippen LogP contribution in [-0.4, -0.2) is 71.8 Å². The van der Waals surface area contributed by atoms with Gasteiger partial charge in [-0.05, 0) is 43.3 Å². The number of nitrogens with one attached hydrogen (secondary N) is 1. The van der Waals surface area contributed by atoms with Gasteiger partial charge < -0.3 is 14.6 Å². The van der Waals surface area contributed by atoms with Crippen molar-refractivity contribution in [1.29, 1.82) is 0 Å².